The Balaban J connectivity index is 1.84. The highest BCUT2D eigenvalue weighted by molar-refractivity contribution is 5.82. The van der Waals surface area contributed by atoms with Gasteiger partial charge in [0.15, 0.2) is 0 Å². The quantitative estimate of drug-likeness (QED) is 0.863. The number of hydrogen-bond acceptors (Lipinski definition) is 5. The smallest absolute Gasteiger partial charge is 0.316 e. The van der Waals surface area contributed by atoms with E-state index in [0.717, 1.165) is 37.1 Å². The molecule has 1 atom stereocenters. The molecular weight excluding hydrogens is 306 g/mol. The van der Waals surface area contributed by atoms with Crippen LogP contribution in [0.1, 0.15) is 50.4 Å². The number of hydrogen-bond donors (Lipinski definition) is 1. The van der Waals surface area contributed by atoms with Gasteiger partial charge in [-0.3, -0.25) is 4.79 Å². The van der Waals surface area contributed by atoms with Crippen molar-refractivity contribution in [1.82, 2.24) is 14.9 Å². The second-order valence-electron chi connectivity index (χ2n) is 7.21. The molecule has 6 heteroatoms. The molecule has 1 saturated carbocycles. The van der Waals surface area contributed by atoms with E-state index in [2.05, 4.69) is 9.97 Å². The van der Waals surface area contributed by atoms with Crippen molar-refractivity contribution >= 4 is 5.91 Å². The maximum atomic E-state index is 12.7. The first-order valence-electron chi connectivity index (χ1n) is 8.69. The minimum Gasteiger partial charge on any atom is -0.461 e. The number of carbonyl (C=O) groups is 1. The van der Waals surface area contributed by atoms with Crippen LogP contribution in [0, 0.1) is 19.3 Å². The van der Waals surface area contributed by atoms with Crippen LogP contribution in [0.15, 0.2) is 6.07 Å². The number of rotatable bonds is 6. The largest absolute Gasteiger partial charge is 0.461 e. The van der Waals surface area contributed by atoms with Gasteiger partial charge in [-0.2, -0.15) is 0 Å². The lowest BCUT2D eigenvalue weighted by Gasteiger charge is -2.36. The fraction of sp³-hybridized carbons (Fsp3) is 0.722. The van der Waals surface area contributed by atoms with Gasteiger partial charge in [-0.1, -0.05) is 26.2 Å². The van der Waals surface area contributed by atoms with E-state index >= 15 is 0 Å². The Bertz CT molecular complexity index is 550. The number of aromatic nitrogens is 2. The van der Waals surface area contributed by atoms with Crippen LogP contribution in [0.2, 0.25) is 0 Å². The lowest BCUT2D eigenvalue weighted by atomic mass is 9.74. The van der Waals surface area contributed by atoms with Crippen molar-refractivity contribution in [2.45, 2.75) is 59.0 Å². The first-order valence-corrected chi connectivity index (χ1v) is 8.69. The Labute approximate surface area is 144 Å². The van der Waals surface area contributed by atoms with Crippen molar-refractivity contribution in [1.29, 1.82) is 0 Å². The molecule has 0 radical (unpaired) electrons. The molecule has 0 unspecified atom stereocenters. The topological polar surface area (TPSA) is 75.6 Å². The van der Waals surface area contributed by atoms with Gasteiger partial charge < -0.3 is 14.7 Å². The standard InChI is InChI=1S/C18H29N3O3/c1-13-10-14(2)20-17(19-13)24-12-15(22)11-21(4)16(23)18(3)8-6-5-7-9-18/h10,15,22H,5-9,11-12H2,1-4H3/t15-/m0/s1. The van der Waals surface area contributed by atoms with E-state index in [9.17, 15) is 9.90 Å². The molecule has 134 valence electrons. The maximum absolute atomic E-state index is 12.7. The van der Waals surface area contributed by atoms with Gasteiger partial charge in [0.05, 0.1) is 0 Å². The molecule has 0 saturated heterocycles. The number of aliphatic hydroxyl groups is 1. The van der Waals surface area contributed by atoms with Crippen LogP contribution in [-0.2, 0) is 4.79 Å². The highest BCUT2D eigenvalue weighted by Gasteiger charge is 2.36. The molecule has 1 aromatic rings. The zero-order chi connectivity index (χ0) is 17.7. The molecule has 1 amide bonds. The lowest BCUT2D eigenvalue weighted by molar-refractivity contribution is -0.143. The van der Waals surface area contributed by atoms with Crippen molar-refractivity contribution in [2.75, 3.05) is 20.2 Å². The average molecular weight is 335 g/mol. The SMILES string of the molecule is Cc1cc(C)nc(OC[C@@H](O)CN(C)C(=O)C2(C)CCCCC2)n1. The summed E-state index contributed by atoms with van der Waals surface area (Å²) in [4.78, 5) is 22.7. The summed E-state index contributed by atoms with van der Waals surface area (Å²) in [5.41, 5.74) is 1.36. The molecule has 1 N–H and O–H groups in total. The molecule has 1 fully saturated rings. The van der Waals surface area contributed by atoms with Gasteiger partial charge in [-0.15, -0.1) is 0 Å². The molecule has 1 aromatic heterocycles. The zero-order valence-electron chi connectivity index (χ0n) is 15.2. The maximum Gasteiger partial charge on any atom is 0.316 e. The van der Waals surface area contributed by atoms with E-state index < -0.39 is 6.10 Å². The van der Waals surface area contributed by atoms with Crippen molar-refractivity contribution in [3.63, 3.8) is 0 Å². The lowest BCUT2D eigenvalue weighted by Crippen LogP contribution is -2.45. The molecule has 6 nitrogen and oxygen atoms in total. The molecule has 1 aliphatic carbocycles. The molecule has 0 bridgehead atoms. The molecule has 1 heterocycles. The Morgan fingerprint density at radius 2 is 1.88 bits per heavy atom. The van der Waals surface area contributed by atoms with Crippen molar-refractivity contribution in [3.8, 4) is 6.01 Å². The summed E-state index contributed by atoms with van der Waals surface area (Å²) in [6.45, 7) is 6.10. The fourth-order valence-electron chi connectivity index (χ4n) is 3.39. The van der Waals surface area contributed by atoms with E-state index in [-0.39, 0.29) is 30.5 Å². The van der Waals surface area contributed by atoms with Crippen LogP contribution < -0.4 is 4.74 Å². The number of nitrogens with zero attached hydrogens (tertiary/aromatic N) is 3. The summed E-state index contributed by atoms with van der Waals surface area (Å²) >= 11 is 0. The fourth-order valence-corrected chi connectivity index (χ4v) is 3.39. The van der Waals surface area contributed by atoms with Crippen LogP contribution in [-0.4, -0.2) is 52.2 Å². The molecule has 1 aliphatic rings. The van der Waals surface area contributed by atoms with Crippen molar-refractivity contribution < 1.29 is 14.6 Å². The van der Waals surface area contributed by atoms with Crippen LogP contribution >= 0.6 is 0 Å². The summed E-state index contributed by atoms with van der Waals surface area (Å²) in [6.07, 6.45) is 4.50. The van der Waals surface area contributed by atoms with Gasteiger partial charge in [-0.25, -0.2) is 9.97 Å². The van der Waals surface area contributed by atoms with E-state index in [1.807, 2.05) is 26.8 Å². The average Bonchev–Trinajstić information content (AvgIpc) is 2.52. The van der Waals surface area contributed by atoms with E-state index in [1.54, 1.807) is 11.9 Å². The third-order valence-electron chi connectivity index (χ3n) is 4.67. The van der Waals surface area contributed by atoms with Crippen LogP contribution in [0.4, 0.5) is 0 Å². The molecule has 0 aliphatic heterocycles. The third kappa shape index (κ3) is 4.90. The number of ether oxygens (including phenoxy) is 1. The first kappa shape index (κ1) is 18.6. The zero-order valence-corrected chi connectivity index (χ0v) is 15.2. The second-order valence-corrected chi connectivity index (χ2v) is 7.21. The number of amides is 1. The van der Waals surface area contributed by atoms with E-state index in [0.29, 0.717) is 0 Å². The van der Waals surface area contributed by atoms with Crippen LogP contribution in [0.5, 0.6) is 6.01 Å². The van der Waals surface area contributed by atoms with Gasteiger partial charge in [0, 0.05) is 30.4 Å². The Hall–Kier alpha value is -1.69. The number of likely N-dealkylation sites (N-methyl/N-ethyl adjacent to an activating group) is 1. The van der Waals surface area contributed by atoms with Gasteiger partial charge in [0.2, 0.25) is 5.91 Å². The number of aryl methyl sites for hydroxylation is 2. The Morgan fingerprint density at radius 3 is 2.46 bits per heavy atom. The minimum absolute atomic E-state index is 0.0667. The van der Waals surface area contributed by atoms with Crippen LogP contribution in [0.25, 0.3) is 0 Å². The van der Waals surface area contributed by atoms with E-state index in [1.165, 1.54) is 6.42 Å². The molecular formula is C18H29N3O3. The van der Waals surface area contributed by atoms with Gasteiger partial charge >= 0.3 is 6.01 Å². The van der Waals surface area contributed by atoms with E-state index in [4.69, 9.17) is 4.74 Å². The van der Waals surface area contributed by atoms with Crippen molar-refractivity contribution in [2.24, 2.45) is 5.41 Å². The Kier molecular flexibility index (Phi) is 6.15. The summed E-state index contributed by atoms with van der Waals surface area (Å²) in [6, 6.07) is 2.13. The normalized spacial score (nSPS) is 18.0. The summed E-state index contributed by atoms with van der Waals surface area (Å²) < 4.78 is 5.47. The minimum atomic E-state index is -0.768. The van der Waals surface area contributed by atoms with Gasteiger partial charge in [-0.05, 0) is 32.8 Å². The number of aliphatic hydroxyl groups excluding tert-OH is 1. The molecule has 0 spiro atoms. The summed E-state index contributed by atoms with van der Waals surface area (Å²) in [5.74, 6) is 0.115. The Morgan fingerprint density at radius 1 is 1.29 bits per heavy atom. The summed E-state index contributed by atoms with van der Waals surface area (Å²) in [5, 5.41) is 10.2. The predicted molar refractivity (Wildman–Crippen MR) is 91.8 cm³/mol. The predicted octanol–water partition coefficient (Wildman–Crippen LogP) is 2.26. The van der Waals surface area contributed by atoms with Gasteiger partial charge in [0.1, 0.15) is 12.7 Å². The highest BCUT2D eigenvalue weighted by Crippen LogP contribution is 2.37. The molecule has 2 rings (SSSR count). The van der Waals surface area contributed by atoms with Crippen molar-refractivity contribution in [3.05, 3.63) is 17.5 Å². The number of carbonyl (C=O) groups excluding carboxylic acids is 1. The molecule has 24 heavy (non-hydrogen) atoms. The van der Waals surface area contributed by atoms with Crippen LogP contribution in [0.3, 0.4) is 0 Å². The summed E-state index contributed by atoms with van der Waals surface area (Å²) in [7, 11) is 1.75. The first-order chi connectivity index (χ1) is 11.3. The third-order valence-corrected chi connectivity index (χ3v) is 4.67. The van der Waals surface area contributed by atoms with Gasteiger partial charge in [0.25, 0.3) is 0 Å². The monoisotopic (exact) mass is 335 g/mol. The molecule has 0 aromatic carbocycles. The second kappa shape index (κ2) is 7.92. The highest BCUT2D eigenvalue weighted by atomic mass is 16.5.